The second-order valence-electron chi connectivity index (χ2n) is 5.56. The SMILES string of the molecule is COc1cc(C(=O)/C=C/Nc2cccc([C@H](C)O)c2)cc(OC)c1OC. The highest BCUT2D eigenvalue weighted by atomic mass is 16.5. The molecule has 2 N–H and O–H groups in total. The van der Waals surface area contributed by atoms with Gasteiger partial charge in [-0.3, -0.25) is 4.79 Å². The van der Waals surface area contributed by atoms with Crippen LogP contribution in [0, 0.1) is 0 Å². The summed E-state index contributed by atoms with van der Waals surface area (Å²) >= 11 is 0. The highest BCUT2D eigenvalue weighted by Gasteiger charge is 2.15. The third kappa shape index (κ3) is 4.55. The van der Waals surface area contributed by atoms with Crippen molar-refractivity contribution in [3.05, 3.63) is 59.8 Å². The van der Waals surface area contributed by atoms with E-state index in [0.717, 1.165) is 11.3 Å². The summed E-state index contributed by atoms with van der Waals surface area (Å²) in [7, 11) is 4.50. The Hall–Kier alpha value is -2.99. The van der Waals surface area contributed by atoms with Crippen LogP contribution in [0.2, 0.25) is 0 Å². The van der Waals surface area contributed by atoms with Crippen molar-refractivity contribution in [2.24, 2.45) is 0 Å². The standard InChI is InChI=1S/C20H23NO5/c1-13(22)14-6-5-7-16(10-14)21-9-8-17(23)15-11-18(24-2)20(26-4)19(12-15)25-3/h5-13,21-22H,1-4H3/b9-8+/t13-/m0/s1. The van der Waals surface area contributed by atoms with Crippen LogP contribution in [0.25, 0.3) is 0 Å². The molecule has 2 aromatic rings. The number of carbonyl (C=O) groups excluding carboxylic acids is 1. The largest absolute Gasteiger partial charge is 0.493 e. The first-order valence-electron chi connectivity index (χ1n) is 8.05. The van der Waals surface area contributed by atoms with Crippen LogP contribution in [-0.4, -0.2) is 32.2 Å². The predicted octanol–water partition coefficient (Wildman–Crippen LogP) is 3.57. The first-order chi connectivity index (χ1) is 12.5. The molecule has 0 aliphatic heterocycles. The molecule has 26 heavy (non-hydrogen) atoms. The van der Waals surface area contributed by atoms with Crippen molar-refractivity contribution in [1.29, 1.82) is 0 Å². The molecule has 0 aliphatic rings. The molecule has 0 heterocycles. The van der Waals surface area contributed by atoms with Gasteiger partial charge in [-0.05, 0) is 36.8 Å². The van der Waals surface area contributed by atoms with Crippen LogP contribution >= 0.6 is 0 Å². The molecule has 0 unspecified atom stereocenters. The zero-order valence-electron chi connectivity index (χ0n) is 15.3. The first-order valence-corrected chi connectivity index (χ1v) is 8.05. The molecule has 0 fully saturated rings. The number of carbonyl (C=O) groups is 1. The summed E-state index contributed by atoms with van der Waals surface area (Å²) in [4.78, 5) is 12.4. The molecule has 0 aromatic heterocycles. The van der Waals surface area contributed by atoms with Crippen LogP contribution in [0.1, 0.15) is 28.9 Å². The topological polar surface area (TPSA) is 77.0 Å². The maximum absolute atomic E-state index is 12.4. The zero-order chi connectivity index (χ0) is 19.1. The maximum atomic E-state index is 12.4. The van der Waals surface area contributed by atoms with Gasteiger partial charge in [0.25, 0.3) is 0 Å². The van der Waals surface area contributed by atoms with Crippen molar-refractivity contribution >= 4 is 11.5 Å². The predicted molar refractivity (Wildman–Crippen MR) is 100 cm³/mol. The van der Waals surface area contributed by atoms with Crippen LogP contribution in [0.5, 0.6) is 17.2 Å². The zero-order valence-corrected chi connectivity index (χ0v) is 15.3. The van der Waals surface area contributed by atoms with Crippen molar-refractivity contribution in [2.45, 2.75) is 13.0 Å². The Morgan fingerprint density at radius 3 is 2.27 bits per heavy atom. The van der Waals surface area contributed by atoms with Crippen LogP contribution in [0.4, 0.5) is 5.69 Å². The normalized spacial score (nSPS) is 11.9. The monoisotopic (exact) mass is 357 g/mol. The highest BCUT2D eigenvalue weighted by molar-refractivity contribution is 6.05. The van der Waals surface area contributed by atoms with E-state index in [1.165, 1.54) is 27.4 Å². The molecule has 6 nitrogen and oxygen atoms in total. The smallest absolute Gasteiger partial charge is 0.203 e. The van der Waals surface area contributed by atoms with Gasteiger partial charge in [0.1, 0.15) is 0 Å². The van der Waals surface area contributed by atoms with E-state index in [9.17, 15) is 9.90 Å². The van der Waals surface area contributed by atoms with Gasteiger partial charge in [-0.25, -0.2) is 0 Å². The molecular weight excluding hydrogens is 334 g/mol. The lowest BCUT2D eigenvalue weighted by Gasteiger charge is -2.13. The molecule has 6 heteroatoms. The number of allylic oxidation sites excluding steroid dienone is 1. The van der Waals surface area contributed by atoms with Gasteiger partial charge < -0.3 is 24.6 Å². The van der Waals surface area contributed by atoms with Crippen molar-refractivity contribution < 1.29 is 24.1 Å². The molecular formula is C20H23NO5. The third-order valence-electron chi connectivity index (χ3n) is 3.80. The molecule has 0 bridgehead atoms. The number of rotatable bonds is 8. The van der Waals surface area contributed by atoms with Gasteiger partial charge in [0.2, 0.25) is 5.75 Å². The molecule has 2 rings (SSSR count). The number of aliphatic hydroxyl groups is 1. The van der Waals surface area contributed by atoms with Crippen LogP contribution in [0.3, 0.4) is 0 Å². The average molecular weight is 357 g/mol. The second kappa shape index (κ2) is 8.92. The molecule has 138 valence electrons. The minimum atomic E-state index is -0.554. The lowest BCUT2D eigenvalue weighted by Crippen LogP contribution is -2.01. The minimum Gasteiger partial charge on any atom is -0.493 e. The Morgan fingerprint density at radius 2 is 1.73 bits per heavy atom. The van der Waals surface area contributed by atoms with E-state index in [4.69, 9.17) is 14.2 Å². The summed E-state index contributed by atoms with van der Waals surface area (Å²) in [5.41, 5.74) is 1.98. The number of nitrogens with one attached hydrogen (secondary N) is 1. The molecule has 0 saturated heterocycles. The Balaban J connectivity index is 2.17. The summed E-state index contributed by atoms with van der Waals surface area (Å²) in [5, 5.41) is 12.6. The van der Waals surface area contributed by atoms with Gasteiger partial charge in [0.15, 0.2) is 17.3 Å². The van der Waals surface area contributed by atoms with Crippen molar-refractivity contribution in [2.75, 3.05) is 26.6 Å². The van der Waals surface area contributed by atoms with Crippen molar-refractivity contribution in [3.8, 4) is 17.2 Å². The summed E-state index contributed by atoms with van der Waals surface area (Å²) in [6.07, 6.45) is 2.41. The fourth-order valence-electron chi connectivity index (χ4n) is 2.42. The fourth-order valence-corrected chi connectivity index (χ4v) is 2.42. The number of ketones is 1. The highest BCUT2D eigenvalue weighted by Crippen LogP contribution is 2.38. The Labute approximate surface area is 153 Å². The van der Waals surface area contributed by atoms with E-state index in [-0.39, 0.29) is 5.78 Å². The number of aliphatic hydroxyl groups excluding tert-OH is 1. The number of methoxy groups -OCH3 is 3. The maximum Gasteiger partial charge on any atom is 0.203 e. The lowest BCUT2D eigenvalue weighted by atomic mass is 10.1. The molecule has 0 aliphatic carbocycles. The van der Waals surface area contributed by atoms with E-state index < -0.39 is 6.10 Å². The van der Waals surface area contributed by atoms with E-state index >= 15 is 0 Å². The van der Waals surface area contributed by atoms with Crippen LogP contribution < -0.4 is 19.5 Å². The fraction of sp³-hybridized carbons (Fsp3) is 0.250. The van der Waals surface area contributed by atoms with Gasteiger partial charge in [-0.1, -0.05) is 12.1 Å². The second-order valence-corrected chi connectivity index (χ2v) is 5.56. The third-order valence-corrected chi connectivity index (χ3v) is 3.80. The van der Waals surface area contributed by atoms with E-state index in [2.05, 4.69) is 5.32 Å². The Bertz CT molecular complexity index is 774. The summed E-state index contributed by atoms with van der Waals surface area (Å²) in [5.74, 6) is 1.05. The Morgan fingerprint density at radius 1 is 1.08 bits per heavy atom. The number of benzene rings is 2. The summed E-state index contributed by atoms with van der Waals surface area (Å²) < 4.78 is 15.8. The molecule has 0 amide bonds. The first kappa shape index (κ1) is 19.3. The summed E-state index contributed by atoms with van der Waals surface area (Å²) in [6.45, 7) is 1.70. The van der Waals surface area contributed by atoms with Gasteiger partial charge in [0, 0.05) is 23.5 Å². The van der Waals surface area contributed by atoms with E-state index in [0.29, 0.717) is 22.8 Å². The average Bonchev–Trinajstić information content (AvgIpc) is 2.66. The van der Waals surface area contributed by atoms with Gasteiger partial charge >= 0.3 is 0 Å². The number of anilines is 1. The van der Waals surface area contributed by atoms with Crippen LogP contribution in [-0.2, 0) is 0 Å². The number of hydrogen-bond acceptors (Lipinski definition) is 6. The van der Waals surface area contributed by atoms with Crippen molar-refractivity contribution in [1.82, 2.24) is 0 Å². The summed E-state index contributed by atoms with van der Waals surface area (Å²) in [6, 6.07) is 10.5. The van der Waals surface area contributed by atoms with Gasteiger partial charge in [-0.2, -0.15) is 0 Å². The minimum absolute atomic E-state index is 0.219. The molecule has 0 radical (unpaired) electrons. The van der Waals surface area contributed by atoms with E-state index in [1.54, 1.807) is 25.3 Å². The Kier molecular flexibility index (Phi) is 6.63. The van der Waals surface area contributed by atoms with Gasteiger partial charge in [0.05, 0.1) is 27.4 Å². The molecule has 0 spiro atoms. The number of hydrogen-bond donors (Lipinski definition) is 2. The number of ether oxygens (including phenoxy) is 3. The van der Waals surface area contributed by atoms with Crippen LogP contribution in [0.15, 0.2) is 48.7 Å². The van der Waals surface area contributed by atoms with E-state index in [1.807, 2.05) is 24.3 Å². The molecule has 2 aromatic carbocycles. The van der Waals surface area contributed by atoms with Gasteiger partial charge in [-0.15, -0.1) is 0 Å². The molecule has 0 saturated carbocycles. The molecule has 1 atom stereocenters. The quantitative estimate of drug-likeness (QED) is 0.555. The van der Waals surface area contributed by atoms with Crippen molar-refractivity contribution in [3.63, 3.8) is 0 Å². The lowest BCUT2D eigenvalue weighted by molar-refractivity contribution is 0.104.